The number of aryl methyl sites for hydroxylation is 1. The number of alkyl halides is 1. The highest BCUT2D eigenvalue weighted by Gasteiger charge is 2.41. The summed E-state index contributed by atoms with van der Waals surface area (Å²) in [5.74, 6) is -0.848. The Kier molecular flexibility index (Phi) is 6.91. The predicted molar refractivity (Wildman–Crippen MR) is 151 cm³/mol. The van der Waals surface area contributed by atoms with Gasteiger partial charge >= 0.3 is 0 Å². The molecule has 11 nitrogen and oxygen atoms in total. The number of ketones is 2. The zero-order valence-electron chi connectivity index (χ0n) is 23.5. The van der Waals surface area contributed by atoms with Crippen LogP contribution in [-0.2, 0) is 40.8 Å². The van der Waals surface area contributed by atoms with Crippen LogP contribution in [0.4, 0.5) is 10.2 Å². The number of amides is 2. The van der Waals surface area contributed by atoms with Gasteiger partial charge in [0.1, 0.15) is 24.5 Å². The summed E-state index contributed by atoms with van der Waals surface area (Å²) in [6.07, 6.45) is 4.04. The first-order valence-electron chi connectivity index (χ1n) is 13.8. The van der Waals surface area contributed by atoms with E-state index in [9.17, 15) is 23.6 Å². The number of Topliss-reactive ketones (excluding diaryl/α,β-unsaturated/α-hetero) is 2. The van der Waals surface area contributed by atoms with Crippen LogP contribution < -0.4 is 5.32 Å². The van der Waals surface area contributed by atoms with E-state index in [1.807, 2.05) is 31.2 Å². The first-order valence-corrected chi connectivity index (χ1v) is 13.8. The first kappa shape index (κ1) is 27.4. The monoisotopic (exact) mass is 571 g/mol. The second-order valence-electron chi connectivity index (χ2n) is 11.1. The minimum absolute atomic E-state index is 0.118. The highest BCUT2D eigenvalue weighted by Crippen LogP contribution is 2.31. The van der Waals surface area contributed by atoms with Crippen molar-refractivity contribution in [1.82, 2.24) is 29.4 Å². The molecule has 1 fully saturated rings. The molecule has 0 saturated carbocycles. The molecule has 12 heteroatoms. The Morgan fingerprint density at radius 1 is 1.14 bits per heavy atom. The molecule has 1 unspecified atom stereocenters. The SMILES string of the molecule is CC(=O)c1cn(CC(=O)N2C[C@H](F)C[C@H]2C(=O)Nc2nn(C)c3c2CC(C)C(=O)C3)c2ccc(-c3ccnnc3)cc12. The molecule has 3 atom stereocenters. The standard InChI is InChI=1S/C30H30FN7O4/c1-16-8-22-25(11-27(16)40)36(3)35-29(22)34-30(42)26-10-20(31)13-38(26)28(41)15-37-14-23(17(2)39)21-9-18(4-5-24(21)37)19-6-7-32-33-12-19/h4-7,9,12,14,16,20,26H,8,10-11,13,15H2,1-3H3,(H,34,35,42)/t16?,20-,26+/m1/s1. The Bertz CT molecular complexity index is 1750. The van der Waals surface area contributed by atoms with E-state index >= 15 is 0 Å². The number of carbonyl (C=O) groups excluding carboxylic acids is 4. The Morgan fingerprint density at radius 3 is 2.69 bits per heavy atom. The number of nitrogens with zero attached hydrogens (tertiary/aromatic N) is 6. The van der Waals surface area contributed by atoms with E-state index in [0.717, 1.165) is 22.4 Å². The number of rotatable bonds is 6. The molecule has 3 aromatic heterocycles. The molecule has 6 rings (SSSR count). The number of nitrogens with one attached hydrogen (secondary N) is 1. The van der Waals surface area contributed by atoms with Gasteiger partial charge in [-0.1, -0.05) is 13.0 Å². The lowest BCUT2D eigenvalue weighted by Crippen LogP contribution is -2.44. The van der Waals surface area contributed by atoms with Crippen LogP contribution in [0.5, 0.6) is 0 Å². The maximum atomic E-state index is 14.7. The topological polar surface area (TPSA) is 132 Å². The molecule has 4 heterocycles. The number of hydrogen-bond acceptors (Lipinski definition) is 7. The molecule has 2 aliphatic rings. The predicted octanol–water partition coefficient (Wildman–Crippen LogP) is 2.92. The fraction of sp³-hybridized carbons (Fsp3) is 0.367. The Balaban J connectivity index is 1.25. The third-order valence-electron chi connectivity index (χ3n) is 8.27. The molecule has 1 aromatic carbocycles. The van der Waals surface area contributed by atoms with Gasteiger partial charge in [0.25, 0.3) is 0 Å². The smallest absolute Gasteiger partial charge is 0.248 e. The molecule has 1 N–H and O–H groups in total. The number of fused-ring (bicyclic) bond motifs is 2. The third kappa shape index (κ3) is 4.86. The van der Waals surface area contributed by atoms with Crippen molar-refractivity contribution in [3.63, 3.8) is 0 Å². The summed E-state index contributed by atoms with van der Waals surface area (Å²) in [6.45, 7) is 2.92. The lowest BCUT2D eigenvalue weighted by molar-refractivity contribution is -0.137. The molecule has 42 heavy (non-hydrogen) atoms. The summed E-state index contributed by atoms with van der Waals surface area (Å²) in [4.78, 5) is 52.9. The second-order valence-corrected chi connectivity index (χ2v) is 11.1. The van der Waals surface area contributed by atoms with Crippen LogP contribution in [0.25, 0.3) is 22.0 Å². The zero-order chi connectivity index (χ0) is 29.7. The van der Waals surface area contributed by atoms with Crippen molar-refractivity contribution in [2.24, 2.45) is 13.0 Å². The van der Waals surface area contributed by atoms with Gasteiger partial charge in [-0.3, -0.25) is 23.9 Å². The van der Waals surface area contributed by atoms with Crippen molar-refractivity contribution in [3.05, 3.63) is 59.7 Å². The van der Waals surface area contributed by atoms with Crippen LogP contribution in [-0.4, -0.2) is 71.6 Å². The lowest BCUT2D eigenvalue weighted by Gasteiger charge is -2.24. The largest absolute Gasteiger partial charge is 0.337 e. The van der Waals surface area contributed by atoms with Gasteiger partial charge in [-0.15, -0.1) is 0 Å². The van der Waals surface area contributed by atoms with Gasteiger partial charge in [0, 0.05) is 59.6 Å². The quantitative estimate of drug-likeness (QED) is 0.352. The molecule has 2 amide bonds. The van der Waals surface area contributed by atoms with E-state index < -0.39 is 24.0 Å². The minimum atomic E-state index is -1.36. The summed E-state index contributed by atoms with van der Waals surface area (Å²) in [5.41, 5.74) is 4.34. The molecule has 0 spiro atoms. The lowest BCUT2D eigenvalue weighted by atomic mass is 9.87. The molecule has 1 aliphatic heterocycles. The van der Waals surface area contributed by atoms with E-state index in [1.54, 1.807) is 34.9 Å². The fourth-order valence-electron chi connectivity index (χ4n) is 5.99. The average molecular weight is 572 g/mol. The summed E-state index contributed by atoms with van der Waals surface area (Å²) < 4.78 is 17.9. The van der Waals surface area contributed by atoms with Gasteiger partial charge < -0.3 is 14.8 Å². The first-order chi connectivity index (χ1) is 20.1. The highest BCUT2D eigenvalue weighted by atomic mass is 19.1. The van der Waals surface area contributed by atoms with Gasteiger partial charge in [-0.25, -0.2) is 4.39 Å². The number of benzene rings is 1. The van der Waals surface area contributed by atoms with Gasteiger partial charge in [0.05, 0.1) is 24.6 Å². The number of halogens is 1. The molecule has 1 saturated heterocycles. The van der Waals surface area contributed by atoms with Crippen LogP contribution in [0.15, 0.2) is 42.9 Å². The van der Waals surface area contributed by atoms with Crippen molar-refractivity contribution >= 4 is 40.1 Å². The maximum absolute atomic E-state index is 14.7. The molecule has 4 aromatic rings. The number of anilines is 1. The minimum Gasteiger partial charge on any atom is -0.337 e. The Morgan fingerprint density at radius 2 is 1.95 bits per heavy atom. The highest BCUT2D eigenvalue weighted by molar-refractivity contribution is 6.08. The van der Waals surface area contributed by atoms with Crippen molar-refractivity contribution in [1.29, 1.82) is 0 Å². The maximum Gasteiger partial charge on any atom is 0.248 e. The number of carbonyl (C=O) groups is 4. The normalized spacial score (nSPS) is 20.1. The summed E-state index contributed by atoms with van der Waals surface area (Å²) in [7, 11) is 1.72. The van der Waals surface area contributed by atoms with E-state index in [4.69, 9.17) is 0 Å². The van der Waals surface area contributed by atoms with Crippen LogP contribution in [0.1, 0.15) is 41.9 Å². The molecular weight excluding hydrogens is 541 g/mol. The van der Waals surface area contributed by atoms with Gasteiger partial charge in [0.2, 0.25) is 11.8 Å². The molecule has 0 bridgehead atoms. The van der Waals surface area contributed by atoms with Crippen molar-refractivity contribution in [3.8, 4) is 11.1 Å². The number of hydrogen-bond donors (Lipinski definition) is 1. The fourth-order valence-corrected chi connectivity index (χ4v) is 5.99. The van der Waals surface area contributed by atoms with Gasteiger partial charge in [0.15, 0.2) is 11.6 Å². The Labute approximate surface area is 240 Å². The molecule has 0 radical (unpaired) electrons. The number of aromatic nitrogens is 5. The summed E-state index contributed by atoms with van der Waals surface area (Å²) in [6, 6.07) is 6.36. The Hall–Kier alpha value is -4.74. The van der Waals surface area contributed by atoms with Crippen LogP contribution in [0.2, 0.25) is 0 Å². The summed E-state index contributed by atoms with van der Waals surface area (Å²) >= 11 is 0. The van der Waals surface area contributed by atoms with E-state index in [-0.39, 0.29) is 43.4 Å². The van der Waals surface area contributed by atoms with E-state index in [1.165, 1.54) is 11.8 Å². The van der Waals surface area contributed by atoms with Crippen molar-refractivity contribution in [2.75, 3.05) is 11.9 Å². The van der Waals surface area contributed by atoms with Gasteiger partial charge in [-0.2, -0.15) is 15.3 Å². The van der Waals surface area contributed by atoms with Crippen molar-refractivity contribution in [2.45, 2.75) is 51.9 Å². The van der Waals surface area contributed by atoms with Crippen LogP contribution in [0, 0.1) is 5.92 Å². The van der Waals surface area contributed by atoms with Gasteiger partial charge in [-0.05, 0) is 37.1 Å². The van der Waals surface area contributed by atoms with E-state index in [0.29, 0.717) is 28.7 Å². The average Bonchev–Trinajstić information content (AvgIpc) is 3.63. The summed E-state index contributed by atoms with van der Waals surface area (Å²) in [5, 5.41) is 15.6. The number of likely N-dealkylation sites (tertiary alicyclic amines) is 1. The van der Waals surface area contributed by atoms with Crippen LogP contribution >= 0.6 is 0 Å². The third-order valence-corrected chi connectivity index (χ3v) is 8.27. The van der Waals surface area contributed by atoms with Crippen LogP contribution in [0.3, 0.4) is 0 Å². The second kappa shape index (κ2) is 10.6. The van der Waals surface area contributed by atoms with Crippen molar-refractivity contribution < 1.29 is 23.6 Å². The zero-order valence-corrected chi connectivity index (χ0v) is 23.5. The molecule has 1 aliphatic carbocycles. The molecule has 216 valence electrons. The molecular formula is C30H30FN7O4. The van der Waals surface area contributed by atoms with E-state index in [2.05, 4.69) is 20.6 Å².